The lowest BCUT2D eigenvalue weighted by Gasteiger charge is -2.26. The van der Waals surface area contributed by atoms with Gasteiger partial charge in [0.25, 0.3) is 0 Å². The van der Waals surface area contributed by atoms with Gasteiger partial charge in [-0.1, -0.05) is 41.3 Å². The van der Waals surface area contributed by atoms with E-state index in [1.54, 1.807) is 0 Å². The molecule has 1 saturated carbocycles. The molecule has 3 rings (SSSR count). The van der Waals surface area contributed by atoms with Gasteiger partial charge in [0, 0.05) is 35.8 Å². The van der Waals surface area contributed by atoms with Crippen molar-refractivity contribution in [3.8, 4) is 0 Å². The smallest absolute Gasteiger partial charge is 0.0423 e. The summed E-state index contributed by atoms with van der Waals surface area (Å²) >= 11 is 3.62. The second kappa shape index (κ2) is 6.95. The normalized spacial score (nSPS) is 20.6. The van der Waals surface area contributed by atoms with Crippen molar-refractivity contribution in [2.45, 2.75) is 57.5 Å². The van der Waals surface area contributed by atoms with E-state index in [4.69, 9.17) is 0 Å². The Morgan fingerprint density at radius 2 is 1.80 bits per heavy atom. The molecule has 2 fully saturated rings. The molecule has 0 aromatic heterocycles. The van der Waals surface area contributed by atoms with Gasteiger partial charge in [0.15, 0.2) is 0 Å². The maximum atomic E-state index is 3.78. The molecule has 3 heteroatoms. The maximum absolute atomic E-state index is 3.78. The van der Waals surface area contributed by atoms with E-state index >= 15 is 0 Å². The van der Waals surface area contributed by atoms with Gasteiger partial charge in [0.05, 0.1) is 0 Å². The van der Waals surface area contributed by atoms with E-state index in [1.165, 1.54) is 73.8 Å². The van der Waals surface area contributed by atoms with Gasteiger partial charge in [-0.25, -0.2) is 0 Å². The van der Waals surface area contributed by atoms with Crippen molar-refractivity contribution < 1.29 is 0 Å². The highest BCUT2D eigenvalue weighted by Gasteiger charge is 2.17. The molecule has 110 valence electrons. The number of halogens is 1. The van der Waals surface area contributed by atoms with Crippen LogP contribution in [0.1, 0.15) is 50.5 Å². The molecule has 0 bridgehead atoms. The lowest BCUT2D eigenvalue weighted by Crippen LogP contribution is -2.31. The standard InChI is InChI=1S/C17H25BrN2/c18-15-9-8-14(13-19-16-6-2-1-3-7-16)17(12-15)20-10-4-5-11-20/h8-9,12,16,19H,1-7,10-11,13H2. The third kappa shape index (κ3) is 3.56. The summed E-state index contributed by atoms with van der Waals surface area (Å²) < 4.78 is 1.20. The van der Waals surface area contributed by atoms with Crippen LogP contribution >= 0.6 is 15.9 Å². The molecule has 1 aliphatic heterocycles. The SMILES string of the molecule is Brc1ccc(CNC2CCCCC2)c(N2CCCC2)c1. The number of anilines is 1. The summed E-state index contributed by atoms with van der Waals surface area (Å²) in [6.07, 6.45) is 9.61. The first-order valence-electron chi connectivity index (χ1n) is 8.10. The van der Waals surface area contributed by atoms with E-state index in [9.17, 15) is 0 Å². The van der Waals surface area contributed by atoms with Gasteiger partial charge in [0.1, 0.15) is 0 Å². The molecule has 1 aromatic rings. The van der Waals surface area contributed by atoms with Crippen LogP contribution in [0, 0.1) is 0 Å². The molecule has 0 unspecified atom stereocenters. The van der Waals surface area contributed by atoms with Crippen LogP contribution in [0.4, 0.5) is 5.69 Å². The highest BCUT2D eigenvalue weighted by Crippen LogP contribution is 2.28. The van der Waals surface area contributed by atoms with E-state index in [2.05, 4.69) is 44.3 Å². The molecule has 0 amide bonds. The second-order valence-corrected chi connectivity index (χ2v) is 7.10. The zero-order valence-electron chi connectivity index (χ0n) is 12.2. The Hall–Kier alpha value is -0.540. The fourth-order valence-corrected chi connectivity index (χ4v) is 3.85. The monoisotopic (exact) mass is 336 g/mol. The molecular weight excluding hydrogens is 312 g/mol. The minimum Gasteiger partial charge on any atom is -0.371 e. The molecule has 1 saturated heterocycles. The van der Waals surface area contributed by atoms with E-state index in [0.717, 1.165) is 12.6 Å². The average molecular weight is 337 g/mol. The summed E-state index contributed by atoms with van der Waals surface area (Å²) in [5.74, 6) is 0. The molecular formula is C17H25BrN2. The Labute approximate surface area is 131 Å². The van der Waals surface area contributed by atoms with E-state index < -0.39 is 0 Å². The van der Waals surface area contributed by atoms with Crippen molar-refractivity contribution in [1.82, 2.24) is 5.32 Å². The van der Waals surface area contributed by atoms with Crippen LogP contribution in [0.25, 0.3) is 0 Å². The van der Waals surface area contributed by atoms with Gasteiger partial charge in [0.2, 0.25) is 0 Å². The van der Waals surface area contributed by atoms with Crippen LogP contribution in [0.5, 0.6) is 0 Å². The first-order chi connectivity index (χ1) is 9.83. The molecule has 2 nitrogen and oxygen atoms in total. The fourth-order valence-electron chi connectivity index (χ4n) is 3.50. The van der Waals surface area contributed by atoms with Crippen molar-refractivity contribution in [2.75, 3.05) is 18.0 Å². The zero-order valence-corrected chi connectivity index (χ0v) is 13.8. The number of nitrogens with zero attached hydrogens (tertiary/aromatic N) is 1. The predicted octanol–water partition coefficient (Wildman–Crippen LogP) is 4.47. The quantitative estimate of drug-likeness (QED) is 0.872. The molecule has 20 heavy (non-hydrogen) atoms. The summed E-state index contributed by atoms with van der Waals surface area (Å²) in [6.45, 7) is 3.45. The highest BCUT2D eigenvalue weighted by molar-refractivity contribution is 9.10. The Bertz CT molecular complexity index is 435. The first-order valence-corrected chi connectivity index (χ1v) is 8.89. The Morgan fingerprint density at radius 1 is 1.05 bits per heavy atom. The largest absolute Gasteiger partial charge is 0.371 e. The van der Waals surface area contributed by atoms with Crippen LogP contribution in [0.2, 0.25) is 0 Å². The summed E-state index contributed by atoms with van der Waals surface area (Å²) in [4.78, 5) is 2.54. The third-order valence-electron chi connectivity index (χ3n) is 4.68. The Kier molecular flexibility index (Phi) is 5.00. The molecule has 1 N–H and O–H groups in total. The zero-order chi connectivity index (χ0) is 13.8. The van der Waals surface area contributed by atoms with Crippen molar-refractivity contribution in [1.29, 1.82) is 0 Å². The molecule has 1 heterocycles. The Balaban J connectivity index is 1.67. The topological polar surface area (TPSA) is 15.3 Å². The lowest BCUT2D eigenvalue weighted by atomic mass is 9.95. The van der Waals surface area contributed by atoms with Gasteiger partial charge < -0.3 is 10.2 Å². The number of benzene rings is 1. The predicted molar refractivity (Wildman–Crippen MR) is 89.3 cm³/mol. The minimum absolute atomic E-state index is 0.735. The van der Waals surface area contributed by atoms with Crippen LogP contribution < -0.4 is 10.2 Å². The molecule has 0 radical (unpaired) electrons. The second-order valence-electron chi connectivity index (χ2n) is 6.18. The summed E-state index contributed by atoms with van der Waals surface area (Å²) in [6, 6.07) is 7.49. The third-order valence-corrected chi connectivity index (χ3v) is 5.17. The molecule has 2 aliphatic rings. The number of hydrogen-bond acceptors (Lipinski definition) is 2. The first kappa shape index (κ1) is 14.4. The van der Waals surface area contributed by atoms with Crippen molar-refractivity contribution in [2.24, 2.45) is 0 Å². The van der Waals surface area contributed by atoms with Crippen LogP contribution in [-0.2, 0) is 6.54 Å². The number of rotatable bonds is 4. The minimum atomic E-state index is 0.735. The fraction of sp³-hybridized carbons (Fsp3) is 0.647. The number of nitrogens with one attached hydrogen (secondary N) is 1. The van der Waals surface area contributed by atoms with Gasteiger partial charge >= 0.3 is 0 Å². The summed E-state index contributed by atoms with van der Waals surface area (Å²) in [5.41, 5.74) is 2.89. The lowest BCUT2D eigenvalue weighted by molar-refractivity contribution is 0.372. The summed E-state index contributed by atoms with van der Waals surface area (Å²) in [5, 5.41) is 3.78. The molecule has 1 aromatic carbocycles. The van der Waals surface area contributed by atoms with Gasteiger partial charge in [-0.3, -0.25) is 0 Å². The average Bonchev–Trinajstić information content (AvgIpc) is 3.01. The molecule has 0 spiro atoms. The highest BCUT2D eigenvalue weighted by atomic mass is 79.9. The maximum Gasteiger partial charge on any atom is 0.0423 e. The van der Waals surface area contributed by atoms with E-state index in [1.807, 2.05) is 0 Å². The van der Waals surface area contributed by atoms with Crippen LogP contribution in [0.15, 0.2) is 22.7 Å². The van der Waals surface area contributed by atoms with Crippen molar-refractivity contribution in [3.05, 3.63) is 28.2 Å². The van der Waals surface area contributed by atoms with E-state index in [-0.39, 0.29) is 0 Å². The van der Waals surface area contributed by atoms with Crippen molar-refractivity contribution in [3.63, 3.8) is 0 Å². The van der Waals surface area contributed by atoms with Gasteiger partial charge in [-0.2, -0.15) is 0 Å². The van der Waals surface area contributed by atoms with Crippen molar-refractivity contribution >= 4 is 21.6 Å². The Morgan fingerprint density at radius 3 is 2.55 bits per heavy atom. The van der Waals surface area contributed by atoms with Gasteiger partial charge in [-0.05, 0) is 43.4 Å². The summed E-state index contributed by atoms with van der Waals surface area (Å²) in [7, 11) is 0. The van der Waals surface area contributed by atoms with Crippen LogP contribution in [0.3, 0.4) is 0 Å². The van der Waals surface area contributed by atoms with E-state index in [0.29, 0.717) is 0 Å². The van der Waals surface area contributed by atoms with Crippen LogP contribution in [-0.4, -0.2) is 19.1 Å². The number of hydrogen-bond donors (Lipinski definition) is 1. The van der Waals surface area contributed by atoms with Gasteiger partial charge in [-0.15, -0.1) is 0 Å². The molecule has 0 atom stereocenters. The molecule has 1 aliphatic carbocycles.